The lowest BCUT2D eigenvalue weighted by atomic mass is 10.1. The summed E-state index contributed by atoms with van der Waals surface area (Å²) in [4.78, 5) is 15.8. The molecule has 0 fully saturated rings. The van der Waals surface area contributed by atoms with Crippen molar-refractivity contribution in [2.45, 2.75) is 6.42 Å². The molecule has 0 spiro atoms. The molecule has 7 heteroatoms. The number of carbonyl (C=O) groups excluding carboxylic acids is 1. The molecule has 106 valence electrons. The molecule has 2 rings (SSSR count). The average Bonchev–Trinajstić information content (AvgIpc) is 2.37. The summed E-state index contributed by atoms with van der Waals surface area (Å²) in [5, 5.41) is 6.14. The van der Waals surface area contributed by atoms with Crippen molar-refractivity contribution in [2.24, 2.45) is 0 Å². The molecule has 0 saturated carbocycles. The van der Waals surface area contributed by atoms with Gasteiger partial charge in [0.25, 0.3) is 5.91 Å². The number of hydrogen-bond acceptors (Lipinski definition) is 3. The topological polar surface area (TPSA) is 54.0 Å². The molecule has 0 saturated heterocycles. The lowest BCUT2D eigenvalue weighted by Gasteiger charge is -2.14. The van der Waals surface area contributed by atoms with Gasteiger partial charge in [-0.3, -0.25) is 9.78 Å². The van der Waals surface area contributed by atoms with Gasteiger partial charge in [0, 0.05) is 30.0 Å². The summed E-state index contributed by atoms with van der Waals surface area (Å²) in [5.41, 5.74) is 1.86. The van der Waals surface area contributed by atoms with Gasteiger partial charge in [0.2, 0.25) is 0 Å². The molecule has 1 aromatic rings. The molecule has 19 heavy (non-hydrogen) atoms. The summed E-state index contributed by atoms with van der Waals surface area (Å²) in [6.07, 6.45) is 6.35. The second-order valence-corrected chi connectivity index (χ2v) is 4.81. The van der Waals surface area contributed by atoms with Crippen LogP contribution in [-0.2, 0) is 0 Å². The van der Waals surface area contributed by atoms with Crippen LogP contribution in [0.2, 0.25) is 0 Å². The first-order valence-electron chi connectivity index (χ1n) is 5.53. The zero-order chi connectivity index (χ0) is 12.1. The van der Waals surface area contributed by atoms with Gasteiger partial charge < -0.3 is 10.6 Å². The fourth-order valence-corrected chi connectivity index (χ4v) is 2.03. The second-order valence-electron chi connectivity index (χ2n) is 3.89. The van der Waals surface area contributed by atoms with Crippen LogP contribution in [-0.4, -0.2) is 30.5 Å². The molecule has 1 aromatic heterocycles. The van der Waals surface area contributed by atoms with Gasteiger partial charge in [0.15, 0.2) is 0 Å². The van der Waals surface area contributed by atoms with Gasteiger partial charge in [-0.25, -0.2) is 0 Å². The maximum Gasteiger partial charge on any atom is 0.253 e. The molecule has 0 radical (unpaired) electrons. The Balaban J connectivity index is 0.00000162. The second kappa shape index (κ2) is 9.31. The highest BCUT2D eigenvalue weighted by molar-refractivity contribution is 9.10. The van der Waals surface area contributed by atoms with Crippen LogP contribution < -0.4 is 10.6 Å². The Morgan fingerprint density at radius 3 is 2.84 bits per heavy atom. The van der Waals surface area contributed by atoms with Crippen LogP contribution in [0.1, 0.15) is 16.8 Å². The minimum Gasteiger partial charge on any atom is -0.348 e. The quantitative estimate of drug-likeness (QED) is 0.805. The van der Waals surface area contributed by atoms with E-state index in [4.69, 9.17) is 0 Å². The van der Waals surface area contributed by atoms with E-state index < -0.39 is 0 Å². The number of nitrogens with zero attached hydrogens (tertiary/aromatic N) is 1. The van der Waals surface area contributed by atoms with Gasteiger partial charge in [-0.15, -0.1) is 24.8 Å². The highest BCUT2D eigenvalue weighted by atomic mass is 79.9. The van der Waals surface area contributed by atoms with Crippen LogP contribution in [0.4, 0.5) is 0 Å². The lowest BCUT2D eigenvalue weighted by molar-refractivity contribution is 0.0956. The molecule has 0 unspecified atom stereocenters. The number of carbonyl (C=O) groups is 1. The SMILES string of the molecule is Cl.Cl.O=C(NCC1=CCNCC1)c1cncc(Br)c1. The summed E-state index contributed by atoms with van der Waals surface area (Å²) >= 11 is 3.30. The van der Waals surface area contributed by atoms with Gasteiger partial charge in [-0.2, -0.15) is 0 Å². The van der Waals surface area contributed by atoms with Crippen LogP contribution in [0.25, 0.3) is 0 Å². The molecule has 1 aliphatic rings. The van der Waals surface area contributed by atoms with E-state index in [9.17, 15) is 4.79 Å². The maximum atomic E-state index is 11.8. The number of amides is 1. The molecular formula is C12H16BrCl2N3O. The Morgan fingerprint density at radius 1 is 1.42 bits per heavy atom. The monoisotopic (exact) mass is 367 g/mol. The normalized spacial score (nSPS) is 13.6. The van der Waals surface area contributed by atoms with Gasteiger partial charge in [0.1, 0.15) is 0 Å². The third-order valence-electron chi connectivity index (χ3n) is 2.60. The first kappa shape index (κ1) is 18.4. The van der Waals surface area contributed by atoms with E-state index in [1.807, 2.05) is 0 Å². The van der Waals surface area contributed by atoms with Crippen LogP contribution in [0.5, 0.6) is 0 Å². The Bertz CT molecular complexity index is 454. The van der Waals surface area contributed by atoms with Crippen LogP contribution in [0.3, 0.4) is 0 Å². The van der Waals surface area contributed by atoms with Gasteiger partial charge in [-0.1, -0.05) is 11.6 Å². The summed E-state index contributed by atoms with van der Waals surface area (Å²) in [7, 11) is 0. The largest absolute Gasteiger partial charge is 0.348 e. The van der Waals surface area contributed by atoms with Gasteiger partial charge in [-0.05, 0) is 35.0 Å². The fraction of sp³-hybridized carbons (Fsp3) is 0.333. The van der Waals surface area contributed by atoms with E-state index in [1.54, 1.807) is 18.5 Å². The average molecular weight is 369 g/mol. The summed E-state index contributed by atoms with van der Waals surface area (Å²) in [5.74, 6) is -0.0850. The third kappa shape index (κ3) is 5.91. The summed E-state index contributed by atoms with van der Waals surface area (Å²) in [6.45, 7) is 2.50. The van der Waals surface area contributed by atoms with Crippen molar-refractivity contribution in [2.75, 3.05) is 19.6 Å². The van der Waals surface area contributed by atoms with Crippen molar-refractivity contribution >= 4 is 46.7 Å². The zero-order valence-electron chi connectivity index (χ0n) is 10.2. The number of pyridine rings is 1. The van der Waals surface area contributed by atoms with Crippen molar-refractivity contribution in [3.05, 3.63) is 40.1 Å². The Morgan fingerprint density at radius 2 is 2.21 bits per heavy atom. The fourth-order valence-electron chi connectivity index (χ4n) is 1.66. The Kier molecular flexibility index (Phi) is 9.01. The summed E-state index contributed by atoms with van der Waals surface area (Å²) in [6, 6.07) is 1.76. The number of halogens is 3. The van der Waals surface area contributed by atoms with Crippen molar-refractivity contribution in [1.82, 2.24) is 15.6 Å². The first-order valence-corrected chi connectivity index (χ1v) is 6.32. The molecular weight excluding hydrogens is 353 g/mol. The first-order chi connectivity index (χ1) is 8.25. The predicted octanol–water partition coefficient (Wildman–Crippen LogP) is 2.34. The number of rotatable bonds is 3. The van der Waals surface area contributed by atoms with Crippen molar-refractivity contribution in [3.63, 3.8) is 0 Å². The van der Waals surface area contributed by atoms with Crippen LogP contribution in [0.15, 0.2) is 34.6 Å². The minimum absolute atomic E-state index is 0. The zero-order valence-corrected chi connectivity index (χ0v) is 13.4. The molecule has 0 aliphatic carbocycles. The predicted molar refractivity (Wildman–Crippen MR) is 84.3 cm³/mol. The minimum atomic E-state index is -0.0850. The molecule has 1 aliphatic heterocycles. The molecule has 0 bridgehead atoms. The molecule has 4 nitrogen and oxygen atoms in total. The van der Waals surface area contributed by atoms with E-state index in [0.29, 0.717) is 12.1 Å². The van der Waals surface area contributed by atoms with Gasteiger partial charge in [0.05, 0.1) is 5.56 Å². The smallest absolute Gasteiger partial charge is 0.253 e. The van der Waals surface area contributed by atoms with Crippen molar-refractivity contribution in [1.29, 1.82) is 0 Å². The van der Waals surface area contributed by atoms with E-state index in [0.717, 1.165) is 24.0 Å². The standard InChI is InChI=1S/C12H14BrN3O.2ClH/c13-11-5-10(7-15-8-11)12(17)16-6-9-1-3-14-4-2-9;;/h1,5,7-8,14H,2-4,6H2,(H,16,17);2*1H. The third-order valence-corrected chi connectivity index (χ3v) is 3.03. The summed E-state index contributed by atoms with van der Waals surface area (Å²) < 4.78 is 0.811. The number of nitrogens with one attached hydrogen (secondary N) is 2. The van der Waals surface area contributed by atoms with E-state index in [-0.39, 0.29) is 30.7 Å². The highest BCUT2D eigenvalue weighted by Gasteiger charge is 2.08. The van der Waals surface area contributed by atoms with Gasteiger partial charge >= 0.3 is 0 Å². The molecule has 2 heterocycles. The van der Waals surface area contributed by atoms with E-state index >= 15 is 0 Å². The lowest BCUT2D eigenvalue weighted by Crippen LogP contribution is -2.29. The Labute approximate surface area is 133 Å². The Hall–Kier alpha value is -0.620. The molecule has 1 amide bonds. The number of aromatic nitrogens is 1. The van der Waals surface area contributed by atoms with Crippen molar-refractivity contribution in [3.8, 4) is 0 Å². The van der Waals surface area contributed by atoms with Crippen LogP contribution >= 0.6 is 40.7 Å². The highest BCUT2D eigenvalue weighted by Crippen LogP contribution is 2.09. The molecule has 0 aromatic carbocycles. The van der Waals surface area contributed by atoms with Crippen molar-refractivity contribution < 1.29 is 4.79 Å². The molecule has 0 atom stereocenters. The maximum absolute atomic E-state index is 11.8. The molecule has 2 N–H and O–H groups in total. The van der Waals surface area contributed by atoms with Crippen LogP contribution in [0, 0.1) is 0 Å². The van der Waals surface area contributed by atoms with E-state index in [2.05, 4.69) is 37.6 Å². The van der Waals surface area contributed by atoms with E-state index in [1.165, 1.54) is 5.57 Å². The number of hydrogen-bond donors (Lipinski definition) is 2.